The molecule has 132 valence electrons. The Balaban J connectivity index is 1.44. The predicted octanol–water partition coefficient (Wildman–Crippen LogP) is 4.07. The molecule has 1 aliphatic carbocycles. The molecule has 1 heterocycles. The Kier molecular flexibility index (Phi) is 4.39. The summed E-state index contributed by atoms with van der Waals surface area (Å²) < 4.78 is 5.37. The number of hydrogen-bond donors (Lipinski definition) is 2. The monoisotopic (exact) mass is 349 g/mol. The average molecular weight is 349 g/mol. The molecule has 0 unspecified atom stereocenters. The lowest BCUT2D eigenvalue weighted by molar-refractivity contribution is -0.141. The zero-order valence-corrected chi connectivity index (χ0v) is 14.1. The Labute approximate surface area is 150 Å². The van der Waals surface area contributed by atoms with E-state index in [1.165, 1.54) is 0 Å². The van der Waals surface area contributed by atoms with Crippen molar-refractivity contribution < 1.29 is 14.4 Å². The van der Waals surface area contributed by atoms with Gasteiger partial charge in [0.1, 0.15) is 0 Å². The van der Waals surface area contributed by atoms with Gasteiger partial charge in [-0.25, -0.2) is 0 Å². The molecule has 3 aromatic rings. The van der Waals surface area contributed by atoms with Crippen molar-refractivity contribution in [1.29, 1.82) is 0 Å². The molecule has 1 aromatic heterocycles. The van der Waals surface area contributed by atoms with Gasteiger partial charge in [0.15, 0.2) is 0 Å². The van der Waals surface area contributed by atoms with E-state index in [-0.39, 0.29) is 12.0 Å². The fraction of sp³-hybridized carbons (Fsp3) is 0.250. The van der Waals surface area contributed by atoms with Gasteiger partial charge in [0.05, 0.1) is 5.92 Å². The lowest BCUT2D eigenvalue weighted by atomic mass is 10.1. The topological polar surface area (TPSA) is 88.2 Å². The third-order valence-electron chi connectivity index (χ3n) is 4.74. The second-order valence-electron chi connectivity index (χ2n) is 6.56. The molecule has 2 N–H and O–H groups in total. The maximum Gasteiger partial charge on any atom is 0.306 e. The van der Waals surface area contributed by atoms with E-state index < -0.39 is 5.97 Å². The minimum Gasteiger partial charge on any atom is -0.481 e. The second-order valence-corrected chi connectivity index (χ2v) is 6.56. The standard InChI is InChI=1S/C20H19N3O3/c24-20(25)15-8-11-17(12-15)21-16-9-6-14(7-10-16)19-22-18(23-26-19)13-4-2-1-3-5-13/h1-7,9-10,15,17,21H,8,11-12H2,(H,24,25)/t15-,17+/m1/s1. The van der Waals surface area contributed by atoms with E-state index >= 15 is 0 Å². The van der Waals surface area contributed by atoms with E-state index in [2.05, 4.69) is 15.5 Å². The van der Waals surface area contributed by atoms with E-state index in [0.717, 1.165) is 29.7 Å². The van der Waals surface area contributed by atoms with Gasteiger partial charge in [-0.15, -0.1) is 0 Å². The number of aromatic nitrogens is 2. The molecule has 0 bridgehead atoms. The number of hydrogen-bond acceptors (Lipinski definition) is 5. The molecule has 2 aromatic carbocycles. The molecular formula is C20H19N3O3. The number of nitrogens with one attached hydrogen (secondary N) is 1. The van der Waals surface area contributed by atoms with Crippen LogP contribution in [0.1, 0.15) is 19.3 Å². The highest BCUT2D eigenvalue weighted by atomic mass is 16.5. The van der Waals surface area contributed by atoms with Crippen LogP contribution in [0.3, 0.4) is 0 Å². The smallest absolute Gasteiger partial charge is 0.306 e. The van der Waals surface area contributed by atoms with E-state index in [9.17, 15) is 4.79 Å². The highest BCUT2D eigenvalue weighted by molar-refractivity contribution is 5.70. The molecule has 0 amide bonds. The van der Waals surface area contributed by atoms with Gasteiger partial charge < -0.3 is 14.9 Å². The van der Waals surface area contributed by atoms with Crippen LogP contribution in [-0.2, 0) is 4.79 Å². The summed E-state index contributed by atoms with van der Waals surface area (Å²) in [4.78, 5) is 15.5. The second kappa shape index (κ2) is 7.00. The number of carboxylic acids is 1. The number of carboxylic acid groups (broad SMARTS) is 1. The molecule has 1 saturated carbocycles. The Bertz CT molecular complexity index is 890. The number of carbonyl (C=O) groups is 1. The van der Waals surface area contributed by atoms with Gasteiger partial charge >= 0.3 is 5.97 Å². The maximum atomic E-state index is 11.1. The van der Waals surface area contributed by atoms with Crippen LogP contribution in [0.15, 0.2) is 59.1 Å². The van der Waals surface area contributed by atoms with Crippen molar-refractivity contribution >= 4 is 11.7 Å². The fourth-order valence-electron chi connectivity index (χ4n) is 3.33. The van der Waals surface area contributed by atoms with Crippen LogP contribution in [0, 0.1) is 5.92 Å². The average Bonchev–Trinajstić information content (AvgIpc) is 3.33. The largest absolute Gasteiger partial charge is 0.481 e. The molecule has 26 heavy (non-hydrogen) atoms. The Morgan fingerprint density at radius 2 is 1.81 bits per heavy atom. The van der Waals surface area contributed by atoms with Gasteiger partial charge in [-0.3, -0.25) is 4.79 Å². The van der Waals surface area contributed by atoms with Crippen molar-refractivity contribution in [3.8, 4) is 22.8 Å². The number of nitrogens with zero attached hydrogens (tertiary/aromatic N) is 2. The molecule has 4 rings (SSSR count). The van der Waals surface area contributed by atoms with Crippen molar-refractivity contribution in [1.82, 2.24) is 10.1 Å². The molecule has 0 aliphatic heterocycles. The Hall–Kier alpha value is -3.15. The third kappa shape index (κ3) is 3.44. The van der Waals surface area contributed by atoms with Crippen molar-refractivity contribution in [3.63, 3.8) is 0 Å². The molecule has 0 radical (unpaired) electrons. The van der Waals surface area contributed by atoms with Crippen LogP contribution in [-0.4, -0.2) is 27.3 Å². The Morgan fingerprint density at radius 3 is 2.50 bits per heavy atom. The van der Waals surface area contributed by atoms with Gasteiger partial charge in [-0.1, -0.05) is 35.5 Å². The molecule has 0 saturated heterocycles. The number of aliphatic carboxylic acids is 1. The molecule has 2 atom stereocenters. The van der Waals surface area contributed by atoms with Crippen LogP contribution in [0.2, 0.25) is 0 Å². The summed E-state index contributed by atoms with van der Waals surface area (Å²) in [6.07, 6.45) is 2.28. The number of anilines is 1. The zero-order valence-electron chi connectivity index (χ0n) is 14.1. The quantitative estimate of drug-likeness (QED) is 0.722. The van der Waals surface area contributed by atoms with Gasteiger partial charge in [-0.05, 0) is 43.5 Å². The molecule has 0 spiro atoms. The first-order chi connectivity index (χ1) is 12.7. The highest BCUT2D eigenvalue weighted by Crippen LogP contribution is 2.29. The first-order valence-electron chi connectivity index (χ1n) is 8.68. The summed E-state index contributed by atoms with van der Waals surface area (Å²) >= 11 is 0. The molecule has 1 fully saturated rings. The van der Waals surface area contributed by atoms with Crippen LogP contribution in [0.4, 0.5) is 5.69 Å². The first kappa shape index (κ1) is 16.3. The zero-order chi connectivity index (χ0) is 17.9. The summed E-state index contributed by atoms with van der Waals surface area (Å²) in [5.41, 5.74) is 2.72. The van der Waals surface area contributed by atoms with Gasteiger partial charge in [0.25, 0.3) is 5.89 Å². The van der Waals surface area contributed by atoms with Crippen LogP contribution < -0.4 is 5.32 Å². The van der Waals surface area contributed by atoms with E-state index in [0.29, 0.717) is 18.1 Å². The van der Waals surface area contributed by atoms with Crippen LogP contribution >= 0.6 is 0 Å². The Morgan fingerprint density at radius 1 is 1.04 bits per heavy atom. The molecular weight excluding hydrogens is 330 g/mol. The molecule has 6 heteroatoms. The maximum absolute atomic E-state index is 11.1. The molecule has 6 nitrogen and oxygen atoms in total. The summed E-state index contributed by atoms with van der Waals surface area (Å²) in [6, 6.07) is 17.7. The van der Waals surface area contributed by atoms with Crippen LogP contribution in [0.25, 0.3) is 22.8 Å². The van der Waals surface area contributed by atoms with Gasteiger partial charge in [-0.2, -0.15) is 4.98 Å². The summed E-state index contributed by atoms with van der Waals surface area (Å²) in [5, 5.41) is 16.5. The normalized spacial score (nSPS) is 19.4. The molecule has 1 aliphatic rings. The fourth-order valence-corrected chi connectivity index (χ4v) is 3.33. The first-order valence-corrected chi connectivity index (χ1v) is 8.68. The van der Waals surface area contributed by atoms with Gasteiger partial charge in [0.2, 0.25) is 5.82 Å². The van der Waals surface area contributed by atoms with Crippen molar-refractivity contribution in [2.24, 2.45) is 5.92 Å². The summed E-state index contributed by atoms with van der Waals surface area (Å²) in [6.45, 7) is 0. The van der Waals surface area contributed by atoms with Crippen LogP contribution in [0.5, 0.6) is 0 Å². The SMILES string of the molecule is O=C(O)[C@@H]1CC[C@H](Nc2ccc(-c3nc(-c4ccccc4)no3)cc2)C1. The minimum atomic E-state index is -0.699. The predicted molar refractivity (Wildman–Crippen MR) is 97.6 cm³/mol. The van der Waals surface area contributed by atoms with E-state index in [1.807, 2.05) is 54.6 Å². The van der Waals surface area contributed by atoms with Crippen molar-refractivity contribution in [2.45, 2.75) is 25.3 Å². The van der Waals surface area contributed by atoms with Gasteiger partial charge in [0, 0.05) is 22.9 Å². The lowest BCUT2D eigenvalue weighted by Crippen LogP contribution is -2.17. The third-order valence-corrected chi connectivity index (χ3v) is 4.74. The minimum absolute atomic E-state index is 0.204. The summed E-state index contributed by atoms with van der Waals surface area (Å²) in [7, 11) is 0. The summed E-state index contributed by atoms with van der Waals surface area (Å²) in [5.74, 6) is 0.104. The number of rotatable bonds is 5. The lowest BCUT2D eigenvalue weighted by Gasteiger charge is -2.14. The highest BCUT2D eigenvalue weighted by Gasteiger charge is 2.29. The number of benzene rings is 2. The van der Waals surface area contributed by atoms with Crippen molar-refractivity contribution in [3.05, 3.63) is 54.6 Å². The van der Waals surface area contributed by atoms with E-state index in [4.69, 9.17) is 9.63 Å². The van der Waals surface area contributed by atoms with E-state index in [1.54, 1.807) is 0 Å². The van der Waals surface area contributed by atoms with Crippen molar-refractivity contribution in [2.75, 3.05) is 5.32 Å².